The summed E-state index contributed by atoms with van der Waals surface area (Å²) in [6.07, 6.45) is 1.87. The molecule has 1 aromatic carbocycles. The van der Waals surface area contributed by atoms with Crippen LogP contribution in [0.15, 0.2) is 18.2 Å². The van der Waals surface area contributed by atoms with E-state index in [9.17, 15) is 9.59 Å². The van der Waals surface area contributed by atoms with Gasteiger partial charge < -0.3 is 14.8 Å². The molecule has 1 N–H and O–H groups in total. The average Bonchev–Trinajstić information content (AvgIpc) is 3.29. The summed E-state index contributed by atoms with van der Waals surface area (Å²) in [5.74, 6) is -0.152. The predicted molar refractivity (Wildman–Crippen MR) is 87.9 cm³/mol. The second kappa shape index (κ2) is 8.41. The van der Waals surface area contributed by atoms with Gasteiger partial charge in [-0.25, -0.2) is 0 Å². The normalized spacial score (nSPS) is 14.9. The maximum Gasteiger partial charge on any atom is 0.306 e. The quantitative estimate of drug-likeness (QED) is 0.570. The lowest BCUT2D eigenvalue weighted by atomic mass is 10.3. The molecular formula is C16H19Cl2NO4. The van der Waals surface area contributed by atoms with Crippen LogP contribution in [0, 0.1) is 0 Å². The van der Waals surface area contributed by atoms with E-state index in [1.54, 1.807) is 25.1 Å². The van der Waals surface area contributed by atoms with Crippen LogP contribution in [-0.2, 0) is 14.3 Å². The lowest BCUT2D eigenvalue weighted by Crippen LogP contribution is -2.37. The molecule has 1 saturated carbocycles. The largest absolute Gasteiger partial charge is 0.492 e. The number of hydrogen-bond acceptors (Lipinski definition) is 4. The monoisotopic (exact) mass is 359 g/mol. The van der Waals surface area contributed by atoms with E-state index in [0.29, 0.717) is 28.8 Å². The van der Waals surface area contributed by atoms with Crippen LogP contribution in [0.3, 0.4) is 0 Å². The number of ether oxygens (including phenoxy) is 2. The maximum absolute atomic E-state index is 11.7. The molecule has 2 rings (SSSR count). The Morgan fingerprint density at radius 3 is 2.74 bits per heavy atom. The first-order valence-corrected chi connectivity index (χ1v) is 8.29. The van der Waals surface area contributed by atoms with Gasteiger partial charge in [0.05, 0.1) is 11.6 Å². The minimum Gasteiger partial charge on any atom is -0.492 e. The van der Waals surface area contributed by atoms with Crippen LogP contribution in [0.25, 0.3) is 0 Å². The second-order valence-electron chi connectivity index (χ2n) is 5.44. The van der Waals surface area contributed by atoms with Gasteiger partial charge in [0, 0.05) is 17.5 Å². The van der Waals surface area contributed by atoms with Crippen molar-refractivity contribution in [1.29, 1.82) is 0 Å². The van der Waals surface area contributed by atoms with E-state index >= 15 is 0 Å². The molecule has 1 unspecified atom stereocenters. The van der Waals surface area contributed by atoms with Gasteiger partial charge in [-0.1, -0.05) is 23.2 Å². The summed E-state index contributed by atoms with van der Waals surface area (Å²) >= 11 is 11.8. The topological polar surface area (TPSA) is 64.6 Å². The van der Waals surface area contributed by atoms with Crippen molar-refractivity contribution < 1.29 is 19.1 Å². The SMILES string of the molecule is CC(OC(=O)CCCOc1ccc(Cl)cc1Cl)C(=O)NC1CC1. The third kappa shape index (κ3) is 6.28. The lowest BCUT2D eigenvalue weighted by molar-refractivity contribution is -0.155. The molecule has 0 saturated heterocycles. The number of halogens is 2. The lowest BCUT2D eigenvalue weighted by Gasteiger charge is -2.13. The van der Waals surface area contributed by atoms with Crippen molar-refractivity contribution in [2.45, 2.75) is 44.8 Å². The smallest absolute Gasteiger partial charge is 0.306 e. The van der Waals surface area contributed by atoms with Crippen LogP contribution in [0.5, 0.6) is 5.75 Å². The molecule has 0 heterocycles. The molecule has 0 aromatic heterocycles. The van der Waals surface area contributed by atoms with Gasteiger partial charge in [0.25, 0.3) is 5.91 Å². The Morgan fingerprint density at radius 1 is 1.35 bits per heavy atom. The van der Waals surface area contributed by atoms with Crippen LogP contribution >= 0.6 is 23.2 Å². The molecule has 0 radical (unpaired) electrons. The fourth-order valence-corrected chi connectivity index (χ4v) is 2.31. The average molecular weight is 360 g/mol. The standard InChI is InChI=1S/C16H19Cl2NO4/c1-10(16(21)19-12-5-6-12)23-15(20)3-2-8-22-14-7-4-11(17)9-13(14)18/h4,7,9-10,12H,2-3,5-6,8H2,1H3,(H,19,21). The Hall–Kier alpha value is -1.46. The van der Waals surface area contributed by atoms with Crippen LogP contribution in [0.1, 0.15) is 32.6 Å². The molecule has 7 heteroatoms. The Kier molecular flexibility index (Phi) is 6.54. The van der Waals surface area contributed by atoms with Gasteiger partial charge in [0.1, 0.15) is 5.75 Å². The molecule has 0 aliphatic heterocycles. The number of rotatable bonds is 8. The van der Waals surface area contributed by atoms with Crippen molar-refractivity contribution in [2.24, 2.45) is 0 Å². The Balaban J connectivity index is 1.63. The second-order valence-corrected chi connectivity index (χ2v) is 6.29. The number of carbonyl (C=O) groups excluding carboxylic acids is 2. The zero-order valence-corrected chi connectivity index (χ0v) is 14.3. The van der Waals surface area contributed by atoms with Crippen LogP contribution in [0.2, 0.25) is 10.0 Å². The van der Waals surface area contributed by atoms with Gasteiger partial charge in [-0.15, -0.1) is 0 Å². The van der Waals surface area contributed by atoms with Crippen molar-refractivity contribution in [1.82, 2.24) is 5.32 Å². The van der Waals surface area contributed by atoms with Crippen LogP contribution in [-0.4, -0.2) is 30.6 Å². The summed E-state index contributed by atoms with van der Waals surface area (Å²) in [7, 11) is 0. The maximum atomic E-state index is 11.7. The van der Waals surface area contributed by atoms with Crippen LogP contribution in [0.4, 0.5) is 0 Å². The fourth-order valence-electron chi connectivity index (χ4n) is 1.85. The summed E-state index contributed by atoms with van der Waals surface area (Å²) in [5.41, 5.74) is 0. The van der Waals surface area contributed by atoms with Gasteiger partial charge in [0.15, 0.2) is 6.10 Å². The number of nitrogens with one attached hydrogen (secondary N) is 1. The summed E-state index contributed by atoms with van der Waals surface area (Å²) in [6.45, 7) is 1.89. The van der Waals surface area contributed by atoms with E-state index in [0.717, 1.165) is 12.8 Å². The number of carbonyl (C=O) groups is 2. The van der Waals surface area contributed by atoms with E-state index in [-0.39, 0.29) is 18.4 Å². The molecule has 126 valence electrons. The van der Waals surface area contributed by atoms with E-state index in [1.165, 1.54) is 0 Å². The molecule has 0 bridgehead atoms. The molecular weight excluding hydrogens is 341 g/mol. The molecule has 0 spiro atoms. The zero-order chi connectivity index (χ0) is 16.8. The van der Waals surface area contributed by atoms with Crippen molar-refractivity contribution in [2.75, 3.05) is 6.61 Å². The number of amides is 1. The van der Waals surface area contributed by atoms with Crippen LogP contribution < -0.4 is 10.1 Å². The minimum absolute atomic E-state index is 0.173. The molecule has 1 aliphatic carbocycles. The Labute approximate surface area is 145 Å². The first-order chi connectivity index (χ1) is 11.0. The highest BCUT2D eigenvalue weighted by atomic mass is 35.5. The third-order valence-corrected chi connectivity index (χ3v) is 3.81. The van der Waals surface area contributed by atoms with E-state index in [4.69, 9.17) is 32.7 Å². The molecule has 1 fully saturated rings. The van der Waals surface area contributed by atoms with E-state index in [1.807, 2.05) is 0 Å². The van der Waals surface area contributed by atoms with Crippen molar-refractivity contribution in [3.05, 3.63) is 28.2 Å². The molecule has 1 amide bonds. The third-order valence-electron chi connectivity index (χ3n) is 3.28. The highest BCUT2D eigenvalue weighted by Gasteiger charge is 2.27. The number of esters is 1. The highest BCUT2D eigenvalue weighted by molar-refractivity contribution is 6.35. The summed E-state index contributed by atoms with van der Waals surface area (Å²) < 4.78 is 10.6. The van der Waals surface area contributed by atoms with Gasteiger partial charge in [-0.2, -0.15) is 0 Å². The molecule has 5 nitrogen and oxygen atoms in total. The molecule has 1 aliphatic rings. The number of benzene rings is 1. The summed E-state index contributed by atoms with van der Waals surface area (Å²) in [6, 6.07) is 5.19. The molecule has 1 aromatic rings. The summed E-state index contributed by atoms with van der Waals surface area (Å²) in [5, 5.41) is 3.75. The Bertz CT molecular complexity index is 575. The first kappa shape index (κ1) is 17.9. The van der Waals surface area contributed by atoms with Crippen molar-refractivity contribution in [3.63, 3.8) is 0 Å². The van der Waals surface area contributed by atoms with E-state index < -0.39 is 12.1 Å². The first-order valence-electron chi connectivity index (χ1n) is 7.53. The van der Waals surface area contributed by atoms with Crippen molar-refractivity contribution >= 4 is 35.1 Å². The summed E-state index contributed by atoms with van der Waals surface area (Å²) in [4.78, 5) is 23.4. The predicted octanol–water partition coefficient (Wildman–Crippen LogP) is 3.36. The minimum atomic E-state index is -0.769. The van der Waals surface area contributed by atoms with Gasteiger partial charge in [0.2, 0.25) is 0 Å². The zero-order valence-electron chi connectivity index (χ0n) is 12.8. The van der Waals surface area contributed by atoms with Crippen molar-refractivity contribution in [3.8, 4) is 5.75 Å². The molecule has 23 heavy (non-hydrogen) atoms. The Morgan fingerprint density at radius 2 is 2.09 bits per heavy atom. The van der Waals surface area contributed by atoms with E-state index in [2.05, 4.69) is 5.32 Å². The highest BCUT2D eigenvalue weighted by Crippen LogP contribution is 2.27. The van der Waals surface area contributed by atoms with Gasteiger partial charge in [-0.3, -0.25) is 9.59 Å². The fraction of sp³-hybridized carbons (Fsp3) is 0.500. The van der Waals surface area contributed by atoms with Gasteiger partial charge >= 0.3 is 5.97 Å². The molecule has 1 atom stereocenters. The number of hydrogen-bond donors (Lipinski definition) is 1. The van der Waals surface area contributed by atoms with Gasteiger partial charge in [-0.05, 0) is 44.4 Å².